The Morgan fingerprint density at radius 3 is 2.42 bits per heavy atom. The Hall–Kier alpha value is -0.590. The molecule has 0 spiro atoms. The van der Waals surface area contributed by atoms with E-state index in [0.29, 0.717) is 31.3 Å². The zero-order valence-electron chi connectivity index (χ0n) is 12.5. The molecule has 2 rings (SSSR count). The van der Waals surface area contributed by atoms with Crippen LogP contribution in [0, 0.1) is 28.6 Å². The molecule has 108 valence electrons. The molecule has 1 saturated carbocycles. The molecular formula is C16H27NO2. The zero-order valence-corrected chi connectivity index (χ0v) is 12.5. The fourth-order valence-corrected chi connectivity index (χ4v) is 3.67. The van der Waals surface area contributed by atoms with Crippen molar-refractivity contribution in [1.82, 2.24) is 0 Å². The summed E-state index contributed by atoms with van der Waals surface area (Å²) in [5, 5.41) is 20.9. The topological polar surface area (TPSA) is 53.2 Å². The minimum Gasteiger partial charge on any atom is -0.388 e. The summed E-state index contributed by atoms with van der Waals surface area (Å²) in [6.07, 6.45) is 5.11. The maximum absolute atomic E-state index is 11.1. The van der Waals surface area contributed by atoms with Gasteiger partial charge < -0.3 is 9.84 Å². The monoisotopic (exact) mass is 265 g/mol. The first-order valence-electron chi connectivity index (χ1n) is 7.68. The SMILES string of the molecule is CC1CCC(C#N)(C2(O)CCOC(C(C)C)C2)CC1. The molecule has 1 heterocycles. The normalized spacial score (nSPS) is 44.0. The predicted molar refractivity (Wildman–Crippen MR) is 74.4 cm³/mol. The van der Waals surface area contributed by atoms with Crippen molar-refractivity contribution in [2.75, 3.05) is 6.61 Å². The van der Waals surface area contributed by atoms with E-state index in [2.05, 4.69) is 26.8 Å². The molecule has 2 fully saturated rings. The van der Waals surface area contributed by atoms with E-state index in [1.54, 1.807) is 0 Å². The van der Waals surface area contributed by atoms with E-state index in [9.17, 15) is 10.4 Å². The number of nitriles is 1. The summed E-state index contributed by atoms with van der Waals surface area (Å²) in [5.74, 6) is 1.08. The van der Waals surface area contributed by atoms with Crippen molar-refractivity contribution in [1.29, 1.82) is 5.26 Å². The van der Waals surface area contributed by atoms with E-state index in [1.807, 2.05) is 0 Å². The van der Waals surface area contributed by atoms with Gasteiger partial charge in [0, 0.05) is 19.4 Å². The van der Waals surface area contributed by atoms with Gasteiger partial charge in [-0.1, -0.05) is 20.8 Å². The third-order valence-electron chi connectivity index (χ3n) is 5.36. The maximum atomic E-state index is 11.1. The molecule has 2 atom stereocenters. The van der Waals surface area contributed by atoms with Gasteiger partial charge in [-0.25, -0.2) is 0 Å². The number of hydrogen-bond donors (Lipinski definition) is 1. The van der Waals surface area contributed by atoms with Crippen molar-refractivity contribution >= 4 is 0 Å². The van der Waals surface area contributed by atoms with Crippen LogP contribution in [0.25, 0.3) is 0 Å². The van der Waals surface area contributed by atoms with Gasteiger partial charge >= 0.3 is 0 Å². The van der Waals surface area contributed by atoms with Crippen molar-refractivity contribution in [3.05, 3.63) is 0 Å². The average molecular weight is 265 g/mol. The first-order chi connectivity index (χ1) is 8.92. The Kier molecular flexibility index (Phi) is 4.23. The van der Waals surface area contributed by atoms with Crippen LogP contribution in [0.4, 0.5) is 0 Å². The quantitative estimate of drug-likeness (QED) is 0.833. The average Bonchev–Trinajstić information content (AvgIpc) is 2.39. The second-order valence-electron chi connectivity index (χ2n) is 7.02. The van der Waals surface area contributed by atoms with Gasteiger partial charge in [0.05, 0.1) is 23.2 Å². The third-order valence-corrected chi connectivity index (χ3v) is 5.36. The van der Waals surface area contributed by atoms with Crippen LogP contribution in [-0.2, 0) is 4.74 Å². The summed E-state index contributed by atoms with van der Waals surface area (Å²) < 4.78 is 5.77. The fraction of sp³-hybridized carbons (Fsp3) is 0.938. The Labute approximate surface area is 117 Å². The number of nitrogens with zero attached hydrogens (tertiary/aromatic N) is 1. The van der Waals surface area contributed by atoms with E-state index in [1.165, 1.54) is 0 Å². The Bertz CT molecular complexity index is 352. The highest BCUT2D eigenvalue weighted by molar-refractivity contribution is 5.14. The van der Waals surface area contributed by atoms with Crippen LogP contribution >= 0.6 is 0 Å². The fourth-order valence-electron chi connectivity index (χ4n) is 3.67. The van der Waals surface area contributed by atoms with E-state index in [-0.39, 0.29) is 6.10 Å². The van der Waals surface area contributed by atoms with Crippen molar-refractivity contribution in [2.24, 2.45) is 17.3 Å². The van der Waals surface area contributed by atoms with Crippen molar-refractivity contribution in [3.63, 3.8) is 0 Å². The second-order valence-corrected chi connectivity index (χ2v) is 7.02. The third kappa shape index (κ3) is 2.66. The minimum atomic E-state index is -0.852. The van der Waals surface area contributed by atoms with Crippen LogP contribution in [0.3, 0.4) is 0 Å². The largest absolute Gasteiger partial charge is 0.388 e. The van der Waals surface area contributed by atoms with E-state index < -0.39 is 11.0 Å². The molecule has 0 aromatic heterocycles. The van der Waals surface area contributed by atoms with Gasteiger partial charge in [-0.2, -0.15) is 5.26 Å². The van der Waals surface area contributed by atoms with Crippen LogP contribution in [-0.4, -0.2) is 23.4 Å². The lowest BCUT2D eigenvalue weighted by Gasteiger charge is -2.50. The van der Waals surface area contributed by atoms with Gasteiger partial charge in [-0.05, 0) is 37.5 Å². The predicted octanol–water partition coefficient (Wildman–Crippen LogP) is 3.27. The standard InChI is InChI=1S/C16H27NO2/c1-12(2)14-10-16(18,8-9-19-14)15(11-17)6-4-13(3)5-7-15/h12-14,18H,4-10H2,1-3H3. The number of hydrogen-bond acceptors (Lipinski definition) is 3. The van der Waals surface area contributed by atoms with E-state index in [4.69, 9.17) is 4.74 Å². The second kappa shape index (κ2) is 5.42. The Balaban J connectivity index is 2.19. The first kappa shape index (κ1) is 14.8. The summed E-state index contributed by atoms with van der Waals surface area (Å²) in [6, 6.07) is 2.50. The maximum Gasteiger partial charge on any atom is 0.0879 e. The molecule has 0 radical (unpaired) electrons. The summed E-state index contributed by atoms with van der Waals surface area (Å²) >= 11 is 0. The van der Waals surface area contributed by atoms with Gasteiger partial charge in [0.15, 0.2) is 0 Å². The van der Waals surface area contributed by atoms with Gasteiger partial charge in [0.1, 0.15) is 0 Å². The lowest BCUT2D eigenvalue weighted by Crippen LogP contribution is -2.55. The lowest BCUT2D eigenvalue weighted by atomic mass is 9.59. The molecule has 1 saturated heterocycles. The molecule has 1 aliphatic heterocycles. The highest BCUT2D eigenvalue weighted by Crippen LogP contribution is 2.51. The molecule has 0 amide bonds. The van der Waals surface area contributed by atoms with Crippen molar-refractivity contribution in [2.45, 2.75) is 71.0 Å². The van der Waals surface area contributed by atoms with Crippen LogP contribution < -0.4 is 0 Å². The van der Waals surface area contributed by atoms with Crippen molar-refractivity contribution in [3.8, 4) is 6.07 Å². The Morgan fingerprint density at radius 1 is 1.26 bits per heavy atom. The van der Waals surface area contributed by atoms with Crippen molar-refractivity contribution < 1.29 is 9.84 Å². The molecule has 2 aliphatic rings. The minimum absolute atomic E-state index is 0.0864. The highest BCUT2D eigenvalue weighted by atomic mass is 16.5. The Morgan fingerprint density at radius 2 is 1.89 bits per heavy atom. The van der Waals surface area contributed by atoms with Crippen LogP contribution in [0.2, 0.25) is 0 Å². The summed E-state index contributed by atoms with van der Waals surface area (Å²) in [6.45, 7) is 7.07. The molecule has 1 N–H and O–H groups in total. The number of aliphatic hydroxyl groups is 1. The molecule has 2 unspecified atom stereocenters. The summed E-state index contributed by atoms with van der Waals surface area (Å²) in [4.78, 5) is 0. The summed E-state index contributed by atoms with van der Waals surface area (Å²) in [7, 11) is 0. The lowest BCUT2D eigenvalue weighted by molar-refractivity contribution is -0.170. The van der Waals surface area contributed by atoms with Gasteiger partial charge in [-0.15, -0.1) is 0 Å². The molecule has 0 bridgehead atoms. The van der Waals surface area contributed by atoms with E-state index >= 15 is 0 Å². The number of ether oxygens (including phenoxy) is 1. The molecule has 0 aromatic carbocycles. The molecule has 0 aromatic rings. The summed E-state index contributed by atoms with van der Waals surface area (Å²) in [5.41, 5.74) is -1.40. The van der Waals surface area contributed by atoms with Gasteiger partial charge in [0.25, 0.3) is 0 Å². The van der Waals surface area contributed by atoms with E-state index in [0.717, 1.165) is 25.7 Å². The molecule has 19 heavy (non-hydrogen) atoms. The van der Waals surface area contributed by atoms with Gasteiger partial charge in [0.2, 0.25) is 0 Å². The smallest absolute Gasteiger partial charge is 0.0879 e. The first-order valence-corrected chi connectivity index (χ1v) is 7.68. The van der Waals surface area contributed by atoms with Gasteiger partial charge in [-0.3, -0.25) is 0 Å². The zero-order chi connectivity index (χ0) is 14.1. The number of rotatable bonds is 2. The molecule has 3 nitrogen and oxygen atoms in total. The van der Waals surface area contributed by atoms with Crippen LogP contribution in [0.5, 0.6) is 0 Å². The molecule has 1 aliphatic carbocycles. The molecular weight excluding hydrogens is 238 g/mol. The van der Waals surface area contributed by atoms with Crippen LogP contribution in [0.1, 0.15) is 59.3 Å². The highest BCUT2D eigenvalue weighted by Gasteiger charge is 2.54. The van der Waals surface area contributed by atoms with Crippen LogP contribution in [0.15, 0.2) is 0 Å². The molecule has 3 heteroatoms.